The molecule has 10 heteroatoms. The van der Waals surface area contributed by atoms with E-state index in [4.69, 9.17) is 4.74 Å². The molecule has 23 heavy (non-hydrogen) atoms. The molecular formula is C13H11F2N3O4S. The van der Waals surface area contributed by atoms with Gasteiger partial charge in [-0.2, -0.15) is 0 Å². The Balaban J connectivity index is 2.14. The molecule has 1 N–H and O–H groups in total. The Hall–Kier alpha value is -2.62. The number of aryl methyl sites for hydroxylation is 1. The van der Waals surface area contributed by atoms with E-state index in [1.165, 1.54) is 6.92 Å². The van der Waals surface area contributed by atoms with Crippen LogP contribution in [-0.2, 0) is 9.84 Å². The van der Waals surface area contributed by atoms with Crippen LogP contribution in [-0.4, -0.2) is 30.7 Å². The summed E-state index contributed by atoms with van der Waals surface area (Å²) in [6, 6.07) is 2.60. The van der Waals surface area contributed by atoms with E-state index in [2.05, 4.69) is 15.3 Å². The van der Waals surface area contributed by atoms with E-state index < -0.39 is 32.7 Å². The minimum absolute atomic E-state index is 0.0996. The van der Waals surface area contributed by atoms with Crippen molar-refractivity contribution in [1.82, 2.24) is 9.97 Å². The van der Waals surface area contributed by atoms with Gasteiger partial charge in [0.25, 0.3) is 0 Å². The molecule has 0 bridgehead atoms. The number of nitrogens with one attached hydrogen (secondary N) is 1. The summed E-state index contributed by atoms with van der Waals surface area (Å²) in [7, 11) is -3.59. The molecule has 0 saturated carbocycles. The van der Waals surface area contributed by atoms with E-state index in [9.17, 15) is 22.0 Å². The molecule has 1 aromatic heterocycles. The number of carbonyl (C=O) groups is 1. The molecule has 7 nitrogen and oxygen atoms in total. The lowest BCUT2D eigenvalue weighted by atomic mass is 10.3. The zero-order chi connectivity index (χ0) is 17.2. The molecule has 0 atom stereocenters. The van der Waals surface area contributed by atoms with Crippen LogP contribution in [0.25, 0.3) is 0 Å². The van der Waals surface area contributed by atoms with E-state index in [-0.39, 0.29) is 17.1 Å². The average molecular weight is 343 g/mol. The Morgan fingerprint density at radius 2 is 2.00 bits per heavy atom. The largest absolute Gasteiger partial charge is 0.417 e. The number of ether oxygens (including phenoxy) is 1. The third-order valence-corrected chi connectivity index (χ3v) is 3.47. The van der Waals surface area contributed by atoms with Crippen molar-refractivity contribution >= 4 is 21.6 Å². The molecule has 2 rings (SSSR count). The predicted molar refractivity (Wildman–Crippen MR) is 75.9 cm³/mol. The van der Waals surface area contributed by atoms with Gasteiger partial charge in [0.1, 0.15) is 11.6 Å². The molecule has 122 valence electrons. The fourth-order valence-electron chi connectivity index (χ4n) is 1.54. The number of rotatable bonds is 3. The van der Waals surface area contributed by atoms with Gasteiger partial charge in [-0.05, 0) is 19.1 Å². The van der Waals surface area contributed by atoms with Crippen LogP contribution in [0, 0.1) is 18.6 Å². The normalized spacial score (nSPS) is 11.1. The first-order valence-electron chi connectivity index (χ1n) is 6.14. The van der Waals surface area contributed by atoms with Gasteiger partial charge in [-0.15, -0.1) is 0 Å². The summed E-state index contributed by atoms with van der Waals surface area (Å²) < 4.78 is 53.7. The number of nitrogens with zero attached hydrogens (tertiary/aromatic N) is 2. The molecule has 1 heterocycles. The number of anilines is 1. The molecule has 0 fully saturated rings. The maximum absolute atomic E-state index is 13.4. The van der Waals surface area contributed by atoms with Crippen molar-refractivity contribution in [3.8, 4) is 5.75 Å². The number of sulfone groups is 1. The number of hydrogen-bond donors (Lipinski definition) is 1. The molecule has 1 amide bonds. The zero-order valence-electron chi connectivity index (χ0n) is 12.0. The lowest BCUT2D eigenvalue weighted by molar-refractivity contribution is 0.214. The standard InChI is InChI=1S/C13H11F2N3O4S/c1-7-11(6-16-12(17-7)23(2,20)21)22-13(19)18-10-4-3-8(14)5-9(10)15/h3-6H,1-2H3,(H,18,19). The van der Waals surface area contributed by atoms with Crippen LogP contribution in [0.2, 0.25) is 0 Å². The Bertz CT molecular complexity index is 872. The van der Waals surface area contributed by atoms with Gasteiger partial charge in [0, 0.05) is 12.3 Å². The Morgan fingerprint density at radius 1 is 1.30 bits per heavy atom. The van der Waals surface area contributed by atoms with Gasteiger partial charge in [0.05, 0.1) is 17.6 Å². The SMILES string of the molecule is Cc1nc(S(C)(=O)=O)ncc1OC(=O)Nc1ccc(F)cc1F. The highest BCUT2D eigenvalue weighted by Crippen LogP contribution is 2.18. The van der Waals surface area contributed by atoms with E-state index in [1.807, 2.05) is 0 Å². The van der Waals surface area contributed by atoms with Gasteiger partial charge in [-0.3, -0.25) is 5.32 Å². The van der Waals surface area contributed by atoms with Crippen LogP contribution in [0.4, 0.5) is 19.3 Å². The summed E-state index contributed by atoms with van der Waals surface area (Å²) in [4.78, 5) is 19.0. The van der Waals surface area contributed by atoms with E-state index in [0.29, 0.717) is 6.07 Å². The van der Waals surface area contributed by atoms with Gasteiger partial charge >= 0.3 is 6.09 Å². The summed E-state index contributed by atoms with van der Waals surface area (Å²) in [5.74, 6) is -1.86. The molecule has 0 saturated heterocycles. The van der Waals surface area contributed by atoms with E-state index in [0.717, 1.165) is 24.6 Å². The molecule has 0 spiro atoms. The van der Waals surface area contributed by atoms with Gasteiger partial charge < -0.3 is 4.74 Å². The second-order valence-electron chi connectivity index (χ2n) is 4.51. The lowest BCUT2D eigenvalue weighted by Crippen LogP contribution is -2.19. The topological polar surface area (TPSA) is 98.2 Å². The lowest BCUT2D eigenvalue weighted by Gasteiger charge is -2.09. The summed E-state index contributed by atoms with van der Waals surface area (Å²) in [5.41, 5.74) is -0.169. The number of halogens is 2. The number of carbonyl (C=O) groups excluding carboxylic acids is 1. The van der Waals surface area contributed by atoms with E-state index in [1.54, 1.807) is 0 Å². The van der Waals surface area contributed by atoms with Gasteiger partial charge in [-0.1, -0.05) is 0 Å². The van der Waals surface area contributed by atoms with Crippen molar-refractivity contribution in [2.45, 2.75) is 12.1 Å². The minimum atomic E-state index is -3.59. The van der Waals surface area contributed by atoms with Crippen molar-refractivity contribution in [3.63, 3.8) is 0 Å². The average Bonchev–Trinajstić information content (AvgIpc) is 2.43. The first-order valence-corrected chi connectivity index (χ1v) is 8.03. The van der Waals surface area contributed by atoms with Crippen LogP contribution in [0.3, 0.4) is 0 Å². The van der Waals surface area contributed by atoms with Gasteiger partial charge in [0.2, 0.25) is 15.0 Å². The number of aromatic nitrogens is 2. The first-order chi connectivity index (χ1) is 10.7. The minimum Gasteiger partial charge on any atom is -0.406 e. The van der Waals surface area contributed by atoms with Crippen molar-refractivity contribution in [1.29, 1.82) is 0 Å². The number of benzene rings is 1. The van der Waals surface area contributed by atoms with Crippen LogP contribution in [0.5, 0.6) is 5.75 Å². The summed E-state index contributed by atoms with van der Waals surface area (Å²) in [6.45, 7) is 1.41. The molecular weight excluding hydrogens is 332 g/mol. The second kappa shape index (κ2) is 6.24. The summed E-state index contributed by atoms with van der Waals surface area (Å²) in [5, 5.41) is 1.67. The molecule has 0 radical (unpaired) electrons. The summed E-state index contributed by atoms with van der Waals surface area (Å²) >= 11 is 0. The predicted octanol–water partition coefficient (Wildman–Crippen LogP) is 2.08. The fourth-order valence-corrected chi connectivity index (χ4v) is 2.09. The third kappa shape index (κ3) is 4.19. The number of hydrogen-bond acceptors (Lipinski definition) is 6. The van der Waals surface area contributed by atoms with Crippen LogP contribution < -0.4 is 10.1 Å². The van der Waals surface area contributed by atoms with Crippen molar-refractivity contribution in [2.24, 2.45) is 0 Å². The highest BCUT2D eigenvalue weighted by molar-refractivity contribution is 7.90. The maximum Gasteiger partial charge on any atom is 0.417 e. The first kappa shape index (κ1) is 16.7. The Morgan fingerprint density at radius 3 is 2.57 bits per heavy atom. The summed E-state index contributed by atoms with van der Waals surface area (Å²) in [6.07, 6.45) is 0.889. The molecule has 2 aromatic rings. The molecule has 1 aromatic carbocycles. The van der Waals surface area contributed by atoms with Crippen molar-refractivity contribution < 1.29 is 26.7 Å². The van der Waals surface area contributed by atoms with Crippen LogP contribution in [0.15, 0.2) is 29.6 Å². The van der Waals surface area contributed by atoms with Crippen molar-refractivity contribution in [3.05, 3.63) is 41.7 Å². The second-order valence-corrected chi connectivity index (χ2v) is 6.42. The van der Waals surface area contributed by atoms with Crippen molar-refractivity contribution in [2.75, 3.05) is 11.6 Å². The molecule has 0 aliphatic rings. The molecule has 0 aliphatic carbocycles. The van der Waals surface area contributed by atoms with Gasteiger partial charge in [-0.25, -0.2) is 32.0 Å². The number of amides is 1. The van der Waals surface area contributed by atoms with Crippen LogP contribution in [0.1, 0.15) is 5.69 Å². The van der Waals surface area contributed by atoms with Gasteiger partial charge in [0.15, 0.2) is 5.75 Å². The maximum atomic E-state index is 13.4. The Kier molecular flexibility index (Phi) is 4.55. The molecule has 0 unspecified atom stereocenters. The Labute approximate surface area is 130 Å². The zero-order valence-corrected chi connectivity index (χ0v) is 12.8. The quantitative estimate of drug-likeness (QED) is 0.857. The third-order valence-electron chi connectivity index (χ3n) is 2.61. The van der Waals surface area contributed by atoms with E-state index >= 15 is 0 Å². The molecule has 0 aliphatic heterocycles. The fraction of sp³-hybridized carbons (Fsp3) is 0.154. The monoisotopic (exact) mass is 343 g/mol. The highest BCUT2D eigenvalue weighted by atomic mass is 32.2. The smallest absolute Gasteiger partial charge is 0.406 e. The van der Waals surface area contributed by atoms with Crippen LogP contribution >= 0.6 is 0 Å². The highest BCUT2D eigenvalue weighted by Gasteiger charge is 2.16.